The van der Waals surface area contributed by atoms with Crippen LogP contribution in [-0.2, 0) is 6.42 Å². The maximum atomic E-state index is 13.3. The maximum absolute atomic E-state index is 13.3. The summed E-state index contributed by atoms with van der Waals surface area (Å²) < 4.78 is 11.0. The fraction of sp³-hybridized carbons (Fsp3) is 0.227. The van der Waals surface area contributed by atoms with Crippen molar-refractivity contribution < 1.29 is 19.4 Å². The van der Waals surface area contributed by atoms with E-state index in [9.17, 15) is 9.90 Å². The minimum absolute atomic E-state index is 0.00413. The highest BCUT2D eigenvalue weighted by Gasteiger charge is 2.35. The van der Waals surface area contributed by atoms with E-state index in [2.05, 4.69) is 0 Å². The minimum Gasteiger partial charge on any atom is -0.507 e. The van der Waals surface area contributed by atoms with Crippen molar-refractivity contribution >= 4 is 17.2 Å². The van der Waals surface area contributed by atoms with Crippen molar-refractivity contribution in [1.82, 2.24) is 4.90 Å². The predicted octanol–water partition coefficient (Wildman–Crippen LogP) is 4.26. The summed E-state index contributed by atoms with van der Waals surface area (Å²) in [7, 11) is 3.23. The van der Waals surface area contributed by atoms with E-state index in [0.717, 1.165) is 16.0 Å². The highest BCUT2D eigenvalue weighted by molar-refractivity contribution is 7.10. The van der Waals surface area contributed by atoms with Crippen molar-refractivity contribution in [2.45, 2.75) is 12.5 Å². The van der Waals surface area contributed by atoms with E-state index in [0.29, 0.717) is 30.0 Å². The van der Waals surface area contributed by atoms with Gasteiger partial charge in [-0.1, -0.05) is 18.2 Å². The summed E-state index contributed by atoms with van der Waals surface area (Å²) >= 11 is 1.61. The first-order valence-corrected chi connectivity index (χ1v) is 9.89. The Bertz CT molecular complexity index is 1000. The van der Waals surface area contributed by atoms with Gasteiger partial charge in [0.2, 0.25) is 0 Å². The number of aromatic hydroxyl groups is 1. The Morgan fingerprint density at radius 1 is 1.11 bits per heavy atom. The van der Waals surface area contributed by atoms with Gasteiger partial charge in [0.1, 0.15) is 5.75 Å². The smallest absolute Gasteiger partial charge is 0.258 e. The van der Waals surface area contributed by atoms with Crippen LogP contribution in [0.5, 0.6) is 17.2 Å². The van der Waals surface area contributed by atoms with Crippen LogP contribution in [0.1, 0.15) is 32.4 Å². The quantitative estimate of drug-likeness (QED) is 0.717. The molecule has 1 unspecified atom stereocenters. The summed E-state index contributed by atoms with van der Waals surface area (Å²) in [4.78, 5) is 16.2. The van der Waals surface area contributed by atoms with Crippen LogP contribution in [0, 0.1) is 0 Å². The number of fused-ring (bicyclic) bond motifs is 1. The third-order valence-electron chi connectivity index (χ3n) is 5.08. The molecular weight excluding hydrogens is 374 g/mol. The Balaban J connectivity index is 1.84. The van der Waals surface area contributed by atoms with E-state index in [1.54, 1.807) is 49.8 Å². The van der Waals surface area contributed by atoms with Gasteiger partial charge in [-0.3, -0.25) is 4.79 Å². The molecule has 28 heavy (non-hydrogen) atoms. The van der Waals surface area contributed by atoms with Gasteiger partial charge in [-0.25, -0.2) is 0 Å². The molecule has 2 heterocycles. The second kappa shape index (κ2) is 7.56. The van der Waals surface area contributed by atoms with Gasteiger partial charge in [0.15, 0.2) is 11.5 Å². The molecule has 1 aliphatic rings. The van der Waals surface area contributed by atoms with Crippen LogP contribution in [0.4, 0.5) is 0 Å². The number of para-hydroxylation sites is 1. The molecule has 0 bridgehead atoms. The van der Waals surface area contributed by atoms with Gasteiger partial charge in [-0.05, 0) is 53.3 Å². The molecule has 0 fully saturated rings. The predicted molar refractivity (Wildman–Crippen MR) is 109 cm³/mol. The molecule has 144 valence electrons. The van der Waals surface area contributed by atoms with E-state index < -0.39 is 0 Å². The SMILES string of the molecule is COc1cc2c(cc1OC)C(c1cccs1)N(C(=O)c1ccccc1O)CC2. The van der Waals surface area contributed by atoms with E-state index in [-0.39, 0.29) is 17.7 Å². The van der Waals surface area contributed by atoms with Crippen molar-refractivity contribution in [2.24, 2.45) is 0 Å². The van der Waals surface area contributed by atoms with Crippen molar-refractivity contribution in [2.75, 3.05) is 20.8 Å². The number of benzene rings is 2. The lowest BCUT2D eigenvalue weighted by Gasteiger charge is -2.37. The van der Waals surface area contributed by atoms with Gasteiger partial charge >= 0.3 is 0 Å². The average Bonchev–Trinajstić information content (AvgIpc) is 3.26. The number of carbonyl (C=O) groups excluding carboxylic acids is 1. The van der Waals surface area contributed by atoms with Crippen molar-refractivity contribution in [1.29, 1.82) is 0 Å². The number of phenols is 1. The lowest BCUT2D eigenvalue weighted by Crippen LogP contribution is -2.40. The number of hydrogen-bond donors (Lipinski definition) is 1. The van der Waals surface area contributed by atoms with E-state index in [4.69, 9.17) is 9.47 Å². The summed E-state index contributed by atoms with van der Waals surface area (Å²) in [5.74, 6) is 1.14. The Hall–Kier alpha value is -2.99. The second-order valence-electron chi connectivity index (χ2n) is 6.59. The fourth-order valence-corrected chi connectivity index (χ4v) is 4.58. The van der Waals surface area contributed by atoms with Crippen LogP contribution >= 0.6 is 11.3 Å². The minimum atomic E-state index is -0.240. The van der Waals surface area contributed by atoms with Crippen LogP contribution in [0.25, 0.3) is 0 Å². The number of phenolic OH excluding ortho intramolecular Hbond substituents is 1. The Morgan fingerprint density at radius 3 is 2.54 bits per heavy atom. The number of rotatable bonds is 4. The molecule has 0 spiro atoms. The van der Waals surface area contributed by atoms with Gasteiger partial charge in [-0.15, -0.1) is 11.3 Å². The molecule has 0 saturated carbocycles. The molecule has 1 N–H and O–H groups in total. The van der Waals surface area contributed by atoms with E-state index >= 15 is 0 Å². The molecule has 3 aromatic rings. The maximum Gasteiger partial charge on any atom is 0.258 e. The van der Waals surface area contributed by atoms with Crippen LogP contribution in [0.15, 0.2) is 53.9 Å². The largest absolute Gasteiger partial charge is 0.507 e. The first kappa shape index (κ1) is 18.4. The summed E-state index contributed by atoms with van der Waals surface area (Å²) in [6, 6.07) is 14.4. The Kier molecular flexibility index (Phi) is 4.96. The van der Waals surface area contributed by atoms with Crippen LogP contribution in [-0.4, -0.2) is 36.7 Å². The standard InChI is InChI=1S/C22H21NO4S/c1-26-18-12-14-9-10-23(22(25)15-6-3-4-7-17(15)24)21(20-8-5-11-28-20)16(14)13-19(18)27-2/h3-8,11-13,21,24H,9-10H2,1-2H3. The van der Waals surface area contributed by atoms with Crippen molar-refractivity contribution in [3.8, 4) is 17.2 Å². The van der Waals surface area contributed by atoms with Crippen LogP contribution in [0.3, 0.4) is 0 Å². The number of nitrogens with zero attached hydrogens (tertiary/aromatic N) is 1. The van der Waals surface area contributed by atoms with Gasteiger partial charge in [-0.2, -0.15) is 0 Å². The van der Waals surface area contributed by atoms with Gasteiger partial charge in [0.25, 0.3) is 5.91 Å². The second-order valence-corrected chi connectivity index (χ2v) is 7.57. The zero-order valence-corrected chi connectivity index (χ0v) is 16.5. The lowest BCUT2D eigenvalue weighted by molar-refractivity contribution is 0.0694. The Labute approximate surface area is 167 Å². The molecular formula is C22H21NO4S. The summed E-state index contributed by atoms with van der Waals surface area (Å²) in [5.41, 5.74) is 2.47. The molecule has 6 heteroatoms. The number of hydrogen-bond acceptors (Lipinski definition) is 5. The summed E-state index contributed by atoms with van der Waals surface area (Å²) in [6.07, 6.45) is 0.705. The molecule has 0 aliphatic carbocycles. The molecule has 1 amide bonds. The molecule has 2 aromatic carbocycles. The number of amides is 1. The topological polar surface area (TPSA) is 59.0 Å². The lowest BCUT2D eigenvalue weighted by atomic mass is 9.90. The molecule has 5 nitrogen and oxygen atoms in total. The molecule has 1 aromatic heterocycles. The molecule has 1 atom stereocenters. The molecule has 0 saturated heterocycles. The first-order chi connectivity index (χ1) is 13.6. The number of methoxy groups -OCH3 is 2. The van der Waals surface area contributed by atoms with Crippen molar-refractivity contribution in [3.05, 3.63) is 75.5 Å². The third-order valence-corrected chi connectivity index (χ3v) is 6.01. The molecule has 4 rings (SSSR count). The number of carbonyl (C=O) groups is 1. The first-order valence-electron chi connectivity index (χ1n) is 9.01. The highest BCUT2D eigenvalue weighted by atomic mass is 32.1. The molecule has 1 aliphatic heterocycles. The van der Waals surface area contributed by atoms with Gasteiger partial charge in [0, 0.05) is 11.4 Å². The number of thiophene rings is 1. The summed E-state index contributed by atoms with van der Waals surface area (Å²) in [6.45, 7) is 0.554. The fourth-order valence-electron chi connectivity index (χ4n) is 3.73. The highest BCUT2D eigenvalue weighted by Crippen LogP contribution is 2.43. The zero-order valence-electron chi connectivity index (χ0n) is 15.7. The van der Waals surface area contributed by atoms with Crippen LogP contribution in [0.2, 0.25) is 0 Å². The van der Waals surface area contributed by atoms with E-state index in [1.165, 1.54) is 0 Å². The van der Waals surface area contributed by atoms with Gasteiger partial charge < -0.3 is 19.5 Å². The van der Waals surface area contributed by atoms with E-state index in [1.807, 2.05) is 34.5 Å². The average molecular weight is 395 g/mol. The Morgan fingerprint density at radius 2 is 1.86 bits per heavy atom. The monoisotopic (exact) mass is 395 g/mol. The third kappa shape index (κ3) is 3.10. The van der Waals surface area contributed by atoms with Crippen LogP contribution < -0.4 is 9.47 Å². The zero-order chi connectivity index (χ0) is 19.7. The summed E-state index contributed by atoms with van der Waals surface area (Å²) in [5, 5.41) is 12.2. The molecule has 0 radical (unpaired) electrons. The van der Waals surface area contributed by atoms with Gasteiger partial charge in [0.05, 0.1) is 25.8 Å². The van der Waals surface area contributed by atoms with Crippen molar-refractivity contribution in [3.63, 3.8) is 0 Å². The normalized spacial score (nSPS) is 15.8. The number of ether oxygens (including phenoxy) is 2.